The van der Waals surface area contributed by atoms with Gasteiger partial charge >= 0.3 is 5.97 Å². The van der Waals surface area contributed by atoms with Gasteiger partial charge in [-0.3, -0.25) is 10.1 Å². The first-order valence-electron chi connectivity index (χ1n) is 6.23. The molecule has 6 nitrogen and oxygen atoms in total. The number of thiophene rings is 1. The average Bonchev–Trinajstić information content (AvgIpc) is 2.85. The van der Waals surface area contributed by atoms with Gasteiger partial charge in [-0.25, -0.2) is 4.79 Å². The van der Waals surface area contributed by atoms with Crippen molar-refractivity contribution >= 4 is 28.7 Å². The number of carboxylic acids is 1. The van der Waals surface area contributed by atoms with Gasteiger partial charge in [-0.1, -0.05) is 0 Å². The Bertz CT molecular complexity index is 696. The Labute approximate surface area is 125 Å². The fourth-order valence-electron chi connectivity index (χ4n) is 1.94. The summed E-state index contributed by atoms with van der Waals surface area (Å²) in [5.74, 6) is -1.20. The quantitative estimate of drug-likeness (QED) is 0.646. The number of nitro groups is 1. The minimum absolute atomic E-state index is 0.0803. The maximum Gasteiger partial charge on any atom is 0.338 e. The van der Waals surface area contributed by atoms with Crippen LogP contribution in [-0.2, 0) is 0 Å². The summed E-state index contributed by atoms with van der Waals surface area (Å²) < 4.78 is 0. The third-order valence-corrected chi connectivity index (χ3v) is 4.19. The van der Waals surface area contributed by atoms with Crippen LogP contribution in [0, 0.1) is 17.0 Å². The van der Waals surface area contributed by atoms with Crippen LogP contribution >= 0.6 is 11.3 Å². The SMILES string of the molecule is Cc1ccc(C(C)Nc2ccc([N+](=O)[O-])cc2C(=O)O)s1. The lowest BCUT2D eigenvalue weighted by Gasteiger charge is -2.15. The molecule has 1 aromatic carbocycles. The van der Waals surface area contributed by atoms with Gasteiger partial charge in [-0.05, 0) is 32.0 Å². The number of nitro benzene ring substituents is 1. The Morgan fingerprint density at radius 2 is 2.10 bits per heavy atom. The van der Waals surface area contributed by atoms with Gasteiger partial charge in [0.15, 0.2) is 0 Å². The van der Waals surface area contributed by atoms with E-state index in [1.807, 2.05) is 26.0 Å². The first kappa shape index (κ1) is 15.0. The summed E-state index contributed by atoms with van der Waals surface area (Å²) in [5.41, 5.74) is 0.0218. The van der Waals surface area contributed by atoms with Crippen molar-refractivity contribution in [3.63, 3.8) is 0 Å². The van der Waals surface area contributed by atoms with Crippen molar-refractivity contribution in [1.29, 1.82) is 0 Å². The molecule has 110 valence electrons. The van der Waals surface area contributed by atoms with Crippen LogP contribution in [0.4, 0.5) is 11.4 Å². The van der Waals surface area contributed by atoms with Crippen LogP contribution in [0.3, 0.4) is 0 Å². The third kappa shape index (κ3) is 3.38. The minimum atomic E-state index is -1.20. The molecule has 0 aliphatic heterocycles. The van der Waals surface area contributed by atoms with E-state index in [2.05, 4.69) is 5.32 Å². The van der Waals surface area contributed by atoms with Crippen molar-refractivity contribution in [2.24, 2.45) is 0 Å². The standard InChI is InChI=1S/C14H14N2O4S/c1-8-3-6-13(21-8)9(2)15-12-5-4-10(16(19)20)7-11(12)14(17)18/h3-7,9,15H,1-2H3,(H,17,18). The van der Waals surface area contributed by atoms with Gasteiger partial charge in [0.2, 0.25) is 0 Å². The van der Waals surface area contributed by atoms with E-state index in [0.29, 0.717) is 5.69 Å². The zero-order valence-corrected chi connectivity index (χ0v) is 12.3. The number of carbonyl (C=O) groups is 1. The highest BCUT2D eigenvalue weighted by atomic mass is 32.1. The molecule has 2 rings (SSSR count). The van der Waals surface area contributed by atoms with Crippen LogP contribution in [0.15, 0.2) is 30.3 Å². The predicted molar refractivity (Wildman–Crippen MR) is 81.1 cm³/mol. The second kappa shape index (κ2) is 5.92. The van der Waals surface area contributed by atoms with E-state index in [4.69, 9.17) is 0 Å². The van der Waals surface area contributed by atoms with Gasteiger partial charge in [-0.2, -0.15) is 0 Å². The maximum atomic E-state index is 11.3. The molecular weight excluding hydrogens is 292 g/mol. The lowest BCUT2D eigenvalue weighted by molar-refractivity contribution is -0.384. The number of anilines is 1. The number of nitrogens with zero attached hydrogens (tertiary/aromatic N) is 1. The molecular formula is C14H14N2O4S. The number of nitrogens with one attached hydrogen (secondary N) is 1. The van der Waals surface area contributed by atoms with E-state index in [1.165, 1.54) is 17.0 Å². The van der Waals surface area contributed by atoms with Crippen LogP contribution in [0.2, 0.25) is 0 Å². The minimum Gasteiger partial charge on any atom is -0.478 e. The normalized spacial score (nSPS) is 11.9. The molecule has 1 aromatic heterocycles. The Kier molecular flexibility index (Phi) is 4.23. The first-order valence-corrected chi connectivity index (χ1v) is 7.04. The lowest BCUT2D eigenvalue weighted by atomic mass is 10.1. The van der Waals surface area contributed by atoms with Crippen molar-refractivity contribution in [1.82, 2.24) is 0 Å². The van der Waals surface area contributed by atoms with Crippen LogP contribution in [0.25, 0.3) is 0 Å². The summed E-state index contributed by atoms with van der Waals surface area (Å²) in [4.78, 5) is 23.6. The number of hydrogen-bond acceptors (Lipinski definition) is 5. The number of hydrogen-bond donors (Lipinski definition) is 2. The molecule has 1 atom stereocenters. The molecule has 0 radical (unpaired) electrons. The first-order chi connectivity index (χ1) is 9.88. The van der Waals surface area contributed by atoms with Crippen molar-refractivity contribution in [2.75, 3.05) is 5.32 Å². The van der Waals surface area contributed by atoms with Crippen LogP contribution < -0.4 is 5.32 Å². The number of non-ortho nitro benzene ring substituents is 1. The maximum absolute atomic E-state index is 11.3. The largest absolute Gasteiger partial charge is 0.478 e. The fraction of sp³-hybridized carbons (Fsp3) is 0.214. The molecule has 2 N–H and O–H groups in total. The van der Waals surface area contributed by atoms with Crippen LogP contribution in [0.1, 0.15) is 33.1 Å². The van der Waals surface area contributed by atoms with Gasteiger partial charge in [0.1, 0.15) is 0 Å². The summed E-state index contributed by atoms with van der Waals surface area (Å²) in [5, 5.41) is 23.0. The summed E-state index contributed by atoms with van der Waals surface area (Å²) >= 11 is 1.62. The molecule has 0 bridgehead atoms. The van der Waals surface area contributed by atoms with Crippen molar-refractivity contribution in [3.05, 3.63) is 55.8 Å². The second-order valence-electron chi connectivity index (χ2n) is 4.61. The smallest absolute Gasteiger partial charge is 0.338 e. The predicted octanol–water partition coefficient (Wildman–Crippen LogP) is 3.84. The molecule has 1 heterocycles. The summed E-state index contributed by atoms with van der Waals surface area (Å²) in [6, 6.07) is 7.68. The topological polar surface area (TPSA) is 92.5 Å². The second-order valence-corrected chi connectivity index (χ2v) is 5.93. The highest BCUT2D eigenvalue weighted by Gasteiger charge is 2.18. The van der Waals surface area contributed by atoms with Crippen molar-refractivity contribution in [2.45, 2.75) is 19.9 Å². The molecule has 0 saturated heterocycles. The van der Waals surface area contributed by atoms with Crippen LogP contribution in [0.5, 0.6) is 0 Å². The molecule has 0 amide bonds. The monoisotopic (exact) mass is 306 g/mol. The summed E-state index contributed by atoms with van der Waals surface area (Å²) in [6.45, 7) is 3.91. The number of rotatable bonds is 5. The summed E-state index contributed by atoms with van der Waals surface area (Å²) in [7, 11) is 0. The molecule has 2 aromatic rings. The molecule has 0 aliphatic carbocycles. The number of aryl methyl sites for hydroxylation is 1. The molecule has 1 unspecified atom stereocenters. The van der Waals surface area contributed by atoms with Crippen LogP contribution in [-0.4, -0.2) is 16.0 Å². The molecule has 0 spiro atoms. The molecule has 21 heavy (non-hydrogen) atoms. The molecule has 0 aliphatic rings. The fourth-order valence-corrected chi connectivity index (χ4v) is 2.82. The number of aromatic carboxylic acids is 1. The van der Waals surface area contributed by atoms with E-state index in [1.54, 1.807) is 11.3 Å². The Morgan fingerprint density at radius 1 is 1.38 bits per heavy atom. The highest BCUT2D eigenvalue weighted by molar-refractivity contribution is 7.12. The Hall–Kier alpha value is -2.41. The summed E-state index contributed by atoms with van der Waals surface area (Å²) in [6.07, 6.45) is 0. The zero-order chi connectivity index (χ0) is 15.6. The molecule has 0 fully saturated rings. The van der Waals surface area contributed by atoms with E-state index in [-0.39, 0.29) is 17.3 Å². The van der Waals surface area contributed by atoms with E-state index >= 15 is 0 Å². The van der Waals surface area contributed by atoms with Crippen molar-refractivity contribution in [3.8, 4) is 0 Å². The van der Waals surface area contributed by atoms with Gasteiger partial charge in [0, 0.05) is 27.6 Å². The average molecular weight is 306 g/mol. The third-order valence-electron chi connectivity index (χ3n) is 3.00. The highest BCUT2D eigenvalue weighted by Crippen LogP contribution is 2.29. The van der Waals surface area contributed by atoms with E-state index in [9.17, 15) is 20.0 Å². The zero-order valence-electron chi connectivity index (χ0n) is 11.5. The molecule has 0 saturated carbocycles. The number of carboxylic acid groups (broad SMARTS) is 1. The Morgan fingerprint density at radius 3 is 2.62 bits per heavy atom. The van der Waals surface area contributed by atoms with Gasteiger partial charge in [-0.15, -0.1) is 11.3 Å². The number of benzene rings is 1. The lowest BCUT2D eigenvalue weighted by Crippen LogP contribution is -2.10. The van der Waals surface area contributed by atoms with E-state index in [0.717, 1.165) is 10.9 Å². The van der Waals surface area contributed by atoms with Gasteiger partial charge < -0.3 is 10.4 Å². The van der Waals surface area contributed by atoms with Gasteiger partial charge in [0.05, 0.1) is 16.5 Å². The van der Waals surface area contributed by atoms with Crippen molar-refractivity contribution < 1.29 is 14.8 Å². The Balaban J connectivity index is 2.31. The van der Waals surface area contributed by atoms with Gasteiger partial charge in [0.25, 0.3) is 5.69 Å². The molecule has 7 heteroatoms. The van der Waals surface area contributed by atoms with E-state index < -0.39 is 10.9 Å².